The Hall–Kier alpha value is -4.06. The minimum atomic E-state index is -1.14. The maximum absolute atomic E-state index is 13.3. The first-order valence-corrected chi connectivity index (χ1v) is 14.6. The number of allylic oxidation sites excluding steroid dienone is 1. The van der Waals surface area contributed by atoms with Gasteiger partial charge in [0.2, 0.25) is 5.95 Å². The van der Waals surface area contributed by atoms with E-state index >= 15 is 0 Å². The molecule has 2 unspecified atom stereocenters. The summed E-state index contributed by atoms with van der Waals surface area (Å²) < 4.78 is 3.19. The van der Waals surface area contributed by atoms with Gasteiger partial charge < -0.3 is 20.2 Å². The number of hydrogen-bond donors (Lipinski definition) is 2. The molecule has 4 aromatic rings. The van der Waals surface area contributed by atoms with Crippen molar-refractivity contribution in [1.29, 1.82) is 0 Å². The lowest BCUT2D eigenvalue weighted by Crippen LogP contribution is -2.76. The molecular formula is C31H37N9O2. The second-order valence-corrected chi connectivity index (χ2v) is 12.3. The zero-order valence-electron chi connectivity index (χ0n) is 24.3. The highest BCUT2D eigenvalue weighted by Gasteiger charge is 2.49. The van der Waals surface area contributed by atoms with E-state index in [-0.39, 0.29) is 12.1 Å². The van der Waals surface area contributed by atoms with Gasteiger partial charge in [0.1, 0.15) is 11.0 Å². The molecule has 11 heteroatoms. The fourth-order valence-corrected chi connectivity index (χ4v) is 6.68. The van der Waals surface area contributed by atoms with Gasteiger partial charge in [-0.3, -0.25) is 9.69 Å². The first-order chi connectivity index (χ1) is 20.2. The fraction of sp³-hybridized carbons (Fsp3) is 0.419. The van der Waals surface area contributed by atoms with Crippen LogP contribution in [0.5, 0.6) is 0 Å². The zero-order valence-corrected chi connectivity index (χ0v) is 24.3. The Bertz CT molecular complexity index is 1690. The number of fused-ring (bicyclic) bond motifs is 3. The number of aliphatic hydroxyl groups is 1. The van der Waals surface area contributed by atoms with Crippen molar-refractivity contribution >= 4 is 28.4 Å². The minimum absolute atomic E-state index is 0.237. The molecule has 0 aliphatic carbocycles. The third-order valence-electron chi connectivity index (χ3n) is 8.76. The smallest absolute Gasteiger partial charge is 0.278 e. The number of nitrogens with one attached hydrogen (secondary N) is 1. The highest BCUT2D eigenvalue weighted by atomic mass is 16.3. The number of likely N-dealkylation sites (tertiary alicyclic amines) is 1. The molecule has 0 amide bonds. The summed E-state index contributed by atoms with van der Waals surface area (Å²) in [5.41, 5.74) is 1.62. The lowest BCUT2D eigenvalue weighted by atomic mass is 9.83. The van der Waals surface area contributed by atoms with E-state index < -0.39 is 5.60 Å². The van der Waals surface area contributed by atoms with E-state index in [1.165, 1.54) is 29.9 Å². The average molecular weight is 568 g/mol. The summed E-state index contributed by atoms with van der Waals surface area (Å²) in [4.78, 5) is 34.8. The zero-order chi connectivity index (χ0) is 29.2. The number of hydrogen-bond acceptors (Lipinski definition) is 9. The van der Waals surface area contributed by atoms with Crippen molar-refractivity contribution in [2.75, 3.05) is 43.4 Å². The number of nitrogens with zero attached hydrogens (tertiary/aromatic N) is 8. The lowest BCUT2D eigenvalue weighted by molar-refractivity contribution is -0.0853. The summed E-state index contributed by atoms with van der Waals surface area (Å²) >= 11 is 0. The monoisotopic (exact) mass is 567 g/mol. The third kappa shape index (κ3) is 4.57. The quantitative estimate of drug-likeness (QED) is 0.311. The molecule has 2 atom stereocenters. The van der Waals surface area contributed by atoms with Crippen molar-refractivity contribution in [3.8, 4) is 5.82 Å². The van der Waals surface area contributed by atoms with Crippen molar-refractivity contribution in [3.63, 3.8) is 0 Å². The SMILES string of the molecule is C=CCn1c(=O)c2cnc(Nc3ccc(N4CC5CC(C4)N5C4CN(C)C4)cc3)nc2n1-c1cccc(C(C)(C)O)n1. The van der Waals surface area contributed by atoms with Crippen molar-refractivity contribution in [1.82, 2.24) is 34.1 Å². The Morgan fingerprint density at radius 1 is 1.05 bits per heavy atom. The summed E-state index contributed by atoms with van der Waals surface area (Å²) in [6, 6.07) is 15.8. The molecule has 2 N–H and O–H groups in total. The van der Waals surface area contributed by atoms with Crippen molar-refractivity contribution in [2.45, 2.75) is 50.5 Å². The van der Waals surface area contributed by atoms with Crippen molar-refractivity contribution in [2.24, 2.45) is 0 Å². The second kappa shape index (κ2) is 10.0. The number of piperazine rings is 1. The van der Waals surface area contributed by atoms with Gasteiger partial charge in [0.05, 0.1) is 12.2 Å². The van der Waals surface area contributed by atoms with Gasteiger partial charge in [0.15, 0.2) is 11.5 Å². The van der Waals surface area contributed by atoms with Crippen LogP contribution in [0, 0.1) is 0 Å². The van der Waals surface area contributed by atoms with Gasteiger partial charge in [-0.05, 0) is 63.7 Å². The second-order valence-electron chi connectivity index (χ2n) is 12.3. The summed E-state index contributed by atoms with van der Waals surface area (Å²) in [5, 5.41) is 14.2. The predicted octanol–water partition coefficient (Wildman–Crippen LogP) is 2.71. The fourth-order valence-electron chi connectivity index (χ4n) is 6.68. The van der Waals surface area contributed by atoms with Crippen molar-refractivity contribution < 1.29 is 5.11 Å². The average Bonchev–Trinajstić information content (AvgIpc) is 3.23. The Morgan fingerprint density at radius 2 is 1.79 bits per heavy atom. The van der Waals surface area contributed by atoms with Crippen LogP contribution in [0.1, 0.15) is 26.0 Å². The summed E-state index contributed by atoms with van der Waals surface area (Å²) in [7, 11) is 2.20. The number of pyridine rings is 1. The van der Waals surface area contributed by atoms with E-state index in [0.717, 1.165) is 24.8 Å². The molecule has 4 saturated heterocycles. The maximum Gasteiger partial charge on any atom is 0.278 e. The van der Waals surface area contributed by atoms with Gasteiger partial charge >= 0.3 is 0 Å². The van der Waals surface area contributed by atoms with Crippen LogP contribution in [0.15, 0.2) is 66.1 Å². The predicted molar refractivity (Wildman–Crippen MR) is 164 cm³/mol. The van der Waals surface area contributed by atoms with E-state index in [1.807, 2.05) is 12.1 Å². The minimum Gasteiger partial charge on any atom is -0.384 e. The number of likely N-dealkylation sites (N-methyl/N-ethyl adjacent to an activating group) is 1. The summed E-state index contributed by atoms with van der Waals surface area (Å²) in [6.45, 7) is 12.0. The van der Waals surface area contributed by atoms with E-state index in [0.29, 0.717) is 40.6 Å². The first kappa shape index (κ1) is 26.8. The largest absolute Gasteiger partial charge is 0.384 e. The van der Waals surface area contributed by atoms with Crippen LogP contribution in [0.3, 0.4) is 0 Å². The Balaban J connectivity index is 1.13. The van der Waals surface area contributed by atoms with Crippen LogP contribution >= 0.6 is 0 Å². The molecule has 3 aromatic heterocycles. The van der Waals surface area contributed by atoms with Crippen LogP contribution in [0.4, 0.5) is 17.3 Å². The first-order valence-electron chi connectivity index (χ1n) is 14.6. The van der Waals surface area contributed by atoms with Crippen LogP contribution in [-0.4, -0.2) is 90.6 Å². The topological polar surface area (TPSA) is 108 Å². The Labute approximate surface area is 244 Å². The molecular weight excluding hydrogens is 530 g/mol. The molecule has 218 valence electrons. The standard InChI is InChI=1S/C31H37N9O2/c1-5-13-38-29(41)25-15-32-30(35-28(25)40(38)27-8-6-7-26(34-27)31(2,3)42)33-20-9-11-21(12-10-20)37-18-22-14-23(19-37)39(22)24-16-36(4)17-24/h5-12,15,22-24,42H,1,13-14,16-19H2,2-4H3,(H,32,33,35). The van der Waals surface area contributed by atoms with E-state index in [1.54, 1.807) is 49.0 Å². The molecule has 7 heterocycles. The van der Waals surface area contributed by atoms with Crippen molar-refractivity contribution in [3.05, 3.63) is 77.4 Å². The number of aromatic nitrogens is 5. The third-order valence-corrected chi connectivity index (χ3v) is 8.76. The number of piperidine rings is 1. The van der Waals surface area contributed by atoms with E-state index in [9.17, 15) is 9.90 Å². The van der Waals surface area contributed by atoms with Crippen LogP contribution in [0.25, 0.3) is 16.9 Å². The van der Waals surface area contributed by atoms with Gasteiger partial charge in [-0.15, -0.1) is 6.58 Å². The number of rotatable bonds is 8. The van der Waals surface area contributed by atoms with Gasteiger partial charge in [0.25, 0.3) is 5.56 Å². The van der Waals surface area contributed by atoms with Crippen LogP contribution in [0.2, 0.25) is 0 Å². The van der Waals surface area contributed by atoms with Gasteiger partial charge in [-0.2, -0.15) is 4.98 Å². The van der Waals surface area contributed by atoms with Crippen LogP contribution in [-0.2, 0) is 12.1 Å². The molecule has 0 radical (unpaired) electrons. The van der Waals surface area contributed by atoms with Crippen LogP contribution < -0.4 is 15.8 Å². The molecule has 0 saturated carbocycles. The normalized spacial score (nSPS) is 21.3. The van der Waals surface area contributed by atoms with Gasteiger partial charge in [-0.25, -0.2) is 19.3 Å². The van der Waals surface area contributed by atoms with Gasteiger partial charge in [0, 0.05) is 61.9 Å². The molecule has 2 bridgehead atoms. The van der Waals surface area contributed by atoms with Gasteiger partial charge in [-0.1, -0.05) is 12.1 Å². The van der Waals surface area contributed by atoms with E-state index in [2.05, 4.69) is 55.7 Å². The molecule has 4 aliphatic heterocycles. The maximum atomic E-state index is 13.3. The molecule has 1 aromatic carbocycles. The Morgan fingerprint density at radius 3 is 2.45 bits per heavy atom. The molecule has 11 nitrogen and oxygen atoms in total. The highest BCUT2D eigenvalue weighted by molar-refractivity contribution is 5.77. The van der Waals surface area contributed by atoms with E-state index in [4.69, 9.17) is 4.98 Å². The molecule has 4 fully saturated rings. The molecule has 8 rings (SSSR count). The molecule has 4 aliphatic rings. The molecule has 0 spiro atoms. The molecule has 42 heavy (non-hydrogen) atoms. The summed E-state index contributed by atoms with van der Waals surface area (Å²) in [6.07, 6.45) is 4.51. The number of anilines is 3. The highest BCUT2D eigenvalue weighted by Crippen LogP contribution is 2.38. The lowest BCUT2D eigenvalue weighted by Gasteiger charge is -2.62. The number of benzene rings is 1. The Kier molecular flexibility index (Phi) is 6.41. The summed E-state index contributed by atoms with van der Waals surface area (Å²) in [5.74, 6) is 0.846.